The Hall–Kier alpha value is -3.66. The van der Waals surface area contributed by atoms with Gasteiger partial charge in [0.1, 0.15) is 5.82 Å². The largest absolute Gasteiger partial charge is 0.465 e. The van der Waals surface area contributed by atoms with Gasteiger partial charge < -0.3 is 19.9 Å². The molecule has 0 saturated heterocycles. The summed E-state index contributed by atoms with van der Waals surface area (Å²) in [5.74, 6) is -0.267. The van der Waals surface area contributed by atoms with Crippen molar-refractivity contribution in [2.75, 3.05) is 23.5 Å². The Morgan fingerprint density at radius 3 is 2.16 bits per heavy atom. The van der Waals surface area contributed by atoms with Crippen LogP contribution in [0.5, 0.6) is 0 Å². The van der Waals surface area contributed by atoms with E-state index < -0.39 is 5.97 Å². The van der Waals surface area contributed by atoms with Crippen LogP contribution in [0.15, 0.2) is 53.7 Å². The summed E-state index contributed by atoms with van der Waals surface area (Å²) in [4.78, 5) is 36.0. The van der Waals surface area contributed by atoms with Gasteiger partial charge in [-0.05, 0) is 43.3 Å². The minimum atomic E-state index is -0.441. The van der Waals surface area contributed by atoms with Crippen LogP contribution in [0, 0.1) is 6.92 Å². The SMILES string of the molecule is COC(=O)c1ccc(NC(=O)CSc2nnc(CC(=O)Nc3ccc(C)cc3)n2C)cc1. The molecular weight excluding hydrogens is 430 g/mol. The van der Waals surface area contributed by atoms with E-state index in [9.17, 15) is 14.4 Å². The summed E-state index contributed by atoms with van der Waals surface area (Å²) >= 11 is 1.21. The summed E-state index contributed by atoms with van der Waals surface area (Å²) in [6.07, 6.45) is 0.0661. The molecule has 0 unspecified atom stereocenters. The van der Waals surface area contributed by atoms with E-state index in [1.54, 1.807) is 35.9 Å². The fourth-order valence-electron chi connectivity index (χ4n) is 2.75. The Morgan fingerprint density at radius 2 is 1.53 bits per heavy atom. The molecule has 0 aliphatic rings. The van der Waals surface area contributed by atoms with Crippen molar-refractivity contribution in [3.05, 3.63) is 65.5 Å². The van der Waals surface area contributed by atoms with Crippen molar-refractivity contribution in [2.24, 2.45) is 7.05 Å². The lowest BCUT2D eigenvalue weighted by Gasteiger charge is -2.07. The van der Waals surface area contributed by atoms with Crippen molar-refractivity contribution in [1.29, 1.82) is 0 Å². The van der Waals surface area contributed by atoms with Crippen LogP contribution in [0.3, 0.4) is 0 Å². The lowest BCUT2D eigenvalue weighted by molar-refractivity contribution is -0.116. The second-order valence-corrected chi connectivity index (χ2v) is 7.90. The van der Waals surface area contributed by atoms with Crippen LogP contribution < -0.4 is 10.6 Å². The molecular formula is C22H23N5O4S. The van der Waals surface area contributed by atoms with E-state index in [1.165, 1.54) is 18.9 Å². The van der Waals surface area contributed by atoms with Crippen molar-refractivity contribution >= 4 is 40.9 Å². The average molecular weight is 454 g/mol. The molecule has 2 aromatic carbocycles. The predicted molar refractivity (Wildman–Crippen MR) is 122 cm³/mol. The van der Waals surface area contributed by atoms with Crippen LogP contribution in [0.1, 0.15) is 21.7 Å². The Kier molecular flexibility index (Phi) is 7.61. The Morgan fingerprint density at radius 1 is 0.938 bits per heavy atom. The first-order chi connectivity index (χ1) is 15.4. The van der Waals surface area contributed by atoms with Crippen molar-refractivity contribution in [2.45, 2.75) is 18.5 Å². The summed E-state index contributed by atoms with van der Waals surface area (Å²) in [5.41, 5.74) is 2.79. The summed E-state index contributed by atoms with van der Waals surface area (Å²) in [6.45, 7) is 1.98. The third-order valence-corrected chi connectivity index (χ3v) is 5.52. The highest BCUT2D eigenvalue weighted by molar-refractivity contribution is 7.99. The van der Waals surface area contributed by atoms with Crippen LogP contribution in [-0.2, 0) is 27.8 Å². The molecule has 2 N–H and O–H groups in total. The standard InChI is InChI=1S/C22H23N5O4S/c1-14-4-8-16(9-5-14)23-19(28)12-18-25-26-22(27(18)2)32-13-20(29)24-17-10-6-15(7-11-17)21(30)31-3/h4-11H,12-13H2,1-3H3,(H,23,28)(H,24,29). The number of ether oxygens (including phenoxy) is 1. The lowest BCUT2D eigenvalue weighted by atomic mass is 10.2. The predicted octanol–water partition coefficient (Wildman–Crippen LogP) is 2.82. The minimum Gasteiger partial charge on any atom is -0.465 e. The number of rotatable bonds is 8. The molecule has 3 aromatic rings. The zero-order valence-corrected chi connectivity index (χ0v) is 18.7. The first-order valence-electron chi connectivity index (χ1n) is 9.71. The maximum Gasteiger partial charge on any atom is 0.337 e. The normalized spacial score (nSPS) is 10.5. The second kappa shape index (κ2) is 10.6. The smallest absolute Gasteiger partial charge is 0.337 e. The maximum absolute atomic E-state index is 12.3. The molecule has 3 rings (SSSR count). The van der Waals surface area contributed by atoms with Gasteiger partial charge in [0.15, 0.2) is 5.16 Å². The number of nitrogens with zero attached hydrogens (tertiary/aromatic N) is 3. The zero-order chi connectivity index (χ0) is 23.1. The Balaban J connectivity index is 1.50. The molecule has 0 aliphatic carbocycles. The number of anilines is 2. The third kappa shape index (κ3) is 6.17. The number of carbonyl (C=O) groups is 3. The number of nitrogens with one attached hydrogen (secondary N) is 2. The molecule has 10 heteroatoms. The first-order valence-corrected chi connectivity index (χ1v) is 10.7. The van der Waals surface area contributed by atoms with Crippen LogP contribution >= 0.6 is 11.8 Å². The number of aromatic nitrogens is 3. The highest BCUT2D eigenvalue weighted by Crippen LogP contribution is 2.18. The molecule has 0 spiro atoms. The molecule has 0 bridgehead atoms. The quantitative estimate of drug-likeness (QED) is 0.398. The molecule has 32 heavy (non-hydrogen) atoms. The number of methoxy groups -OCH3 is 1. The molecule has 1 aromatic heterocycles. The molecule has 0 fully saturated rings. The molecule has 0 aliphatic heterocycles. The number of amides is 2. The Bertz CT molecular complexity index is 1110. The summed E-state index contributed by atoms with van der Waals surface area (Å²) in [7, 11) is 3.06. The Labute approximate surface area is 189 Å². The second-order valence-electron chi connectivity index (χ2n) is 6.95. The van der Waals surface area contributed by atoms with Crippen LogP contribution in [0.4, 0.5) is 11.4 Å². The number of benzene rings is 2. The van der Waals surface area contributed by atoms with Gasteiger partial charge in [0, 0.05) is 18.4 Å². The maximum atomic E-state index is 12.3. The van der Waals surface area contributed by atoms with Crippen molar-refractivity contribution in [3.8, 4) is 0 Å². The monoisotopic (exact) mass is 453 g/mol. The van der Waals surface area contributed by atoms with Gasteiger partial charge in [0.2, 0.25) is 11.8 Å². The van der Waals surface area contributed by atoms with Gasteiger partial charge in [0.05, 0.1) is 24.8 Å². The first kappa shape index (κ1) is 23.0. The third-order valence-electron chi connectivity index (χ3n) is 4.50. The van der Waals surface area contributed by atoms with E-state index in [-0.39, 0.29) is 24.0 Å². The number of hydrogen-bond donors (Lipinski definition) is 2. The number of aryl methyl sites for hydroxylation is 1. The number of thioether (sulfide) groups is 1. The van der Waals surface area contributed by atoms with Gasteiger partial charge in [-0.2, -0.15) is 0 Å². The van der Waals surface area contributed by atoms with E-state index in [2.05, 4.69) is 25.6 Å². The molecule has 1 heterocycles. The number of carbonyl (C=O) groups excluding carboxylic acids is 3. The zero-order valence-electron chi connectivity index (χ0n) is 17.9. The van der Waals surface area contributed by atoms with E-state index in [0.717, 1.165) is 5.56 Å². The van der Waals surface area contributed by atoms with Crippen LogP contribution in [0.2, 0.25) is 0 Å². The van der Waals surface area contributed by atoms with E-state index in [4.69, 9.17) is 0 Å². The highest BCUT2D eigenvalue weighted by atomic mass is 32.2. The molecule has 9 nitrogen and oxygen atoms in total. The van der Waals surface area contributed by atoms with Gasteiger partial charge >= 0.3 is 5.97 Å². The van der Waals surface area contributed by atoms with Crippen LogP contribution in [-0.4, -0.2) is 45.4 Å². The van der Waals surface area contributed by atoms with Crippen LogP contribution in [0.25, 0.3) is 0 Å². The summed E-state index contributed by atoms with van der Waals surface area (Å²) < 4.78 is 6.34. The van der Waals surface area contributed by atoms with E-state index >= 15 is 0 Å². The van der Waals surface area contributed by atoms with Crippen molar-refractivity contribution in [3.63, 3.8) is 0 Å². The topological polar surface area (TPSA) is 115 Å². The van der Waals surface area contributed by atoms with Gasteiger partial charge in [0.25, 0.3) is 0 Å². The molecule has 166 valence electrons. The lowest BCUT2D eigenvalue weighted by Crippen LogP contribution is -2.17. The summed E-state index contributed by atoms with van der Waals surface area (Å²) in [6, 6.07) is 13.9. The molecule has 0 atom stereocenters. The molecule has 0 radical (unpaired) electrons. The average Bonchev–Trinajstić information content (AvgIpc) is 3.13. The number of esters is 1. The van der Waals surface area contributed by atoms with E-state index in [1.807, 2.05) is 31.2 Å². The fraction of sp³-hybridized carbons (Fsp3) is 0.227. The highest BCUT2D eigenvalue weighted by Gasteiger charge is 2.15. The fourth-order valence-corrected chi connectivity index (χ4v) is 3.47. The van der Waals surface area contributed by atoms with Gasteiger partial charge in [-0.25, -0.2) is 4.79 Å². The van der Waals surface area contributed by atoms with Crippen molar-refractivity contribution < 1.29 is 19.1 Å². The molecule has 0 saturated carbocycles. The van der Waals surface area contributed by atoms with Gasteiger partial charge in [-0.15, -0.1) is 10.2 Å². The van der Waals surface area contributed by atoms with Gasteiger partial charge in [-0.1, -0.05) is 29.5 Å². The van der Waals surface area contributed by atoms with Crippen molar-refractivity contribution in [1.82, 2.24) is 14.8 Å². The molecule has 2 amide bonds. The number of hydrogen-bond acceptors (Lipinski definition) is 7. The summed E-state index contributed by atoms with van der Waals surface area (Å²) in [5, 5.41) is 14.2. The van der Waals surface area contributed by atoms with Gasteiger partial charge in [-0.3, -0.25) is 9.59 Å². The minimum absolute atomic E-state index is 0.0661. The van der Waals surface area contributed by atoms with E-state index in [0.29, 0.717) is 27.9 Å².